The fourth-order valence-corrected chi connectivity index (χ4v) is 2.58. The molecule has 0 amide bonds. The van der Waals surface area contributed by atoms with Crippen molar-refractivity contribution in [2.24, 2.45) is 0 Å². The van der Waals surface area contributed by atoms with Gasteiger partial charge in [-0.15, -0.1) is 0 Å². The van der Waals surface area contributed by atoms with E-state index < -0.39 is 0 Å². The fourth-order valence-electron chi connectivity index (χ4n) is 2.58. The maximum atomic E-state index is 9.49. The Morgan fingerprint density at radius 2 is 1.77 bits per heavy atom. The molecule has 0 aliphatic carbocycles. The van der Waals surface area contributed by atoms with Crippen LogP contribution in [-0.2, 0) is 6.42 Å². The summed E-state index contributed by atoms with van der Waals surface area (Å²) in [5.41, 5.74) is 9.79. The van der Waals surface area contributed by atoms with Gasteiger partial charge in [0.2, 0.25) is 0 Å². The lowest BCUT2D eigenvalue weighted by Gasteiger charge is -2.16. The van der Waals surface area contributed by atoms with Crippen molar-refractivity contribution >= 4 is 5.82 Å². The molecule has 0 aliphatic heterocycles. The largest absolute Gasteiger partial charge is 0.497 e. The molecule has 0 unspecified atom stereocenters. The Bertz CT molecular complexity index is 726. The third-order valence-corrected chi connectivity index (χ3v) is 3.64. The summed E-state index contributed by atoms with van der Waals surface area (Å²) in [5.74, 6) is 1.57. The van der Waals surface area contributed by atoms with Crippen molar-refractivity contribution in [2.75, 3.05) is 20.0 Å². The van der Waals surface area contributed by atoms with Gasteiger partial charge in [-0.2, -0.15) is 5.26 Å². The molecule has 0 saturated heterocycles. The number of pyridine rings is 1. The van der Waals surface area contributed by atoms with Gasteiger partial charge in [-0.3, -0.25) is 0 Å². The zero-order chi connectivity index (χ0) is 16.3. The van der Waals surface area contributed by atoms with Gasteiger partial charge in [0.15, 0.2) is 0 Å². The number of benzene rings is 1. The summed E-state index contributed by atoms with van der Waals surface area (Å²) in [7, 11) is 3.19. The standard InChI is InChI=1S/C17H19N3O2/c1-5-14-10(2)20-17(19)15(9-18)16(14)11-6-12(21-3)8-13(7-11)22-4/h6-8H,5H2,1-4H3,(H2,19,20). The van der Waals surface area contributed by atoms with Crippen LogP contribution in [0.15, 0.2) is 18.2 Å². The highest BCUT2D eigenvalue weighted by molar-refractivity contribution is 5.80. The zero-order valence-corrected chi connectivity index (χ0v) is 13.2. The molecule has 0 atom stereocenters. The smallest absolute Gasteiger partial charge is 0.142 e. The first-order valence-electron chi connectivity index (χ1n) is 6.98. The van der Waals surface area contributed by atoms with Gasteiger partial charge in [-0.25, -0.2) is 4.98 Å². The zero-order valence-electron chi connectivity index (χ0n) is 13.2. The van der Waals surface area contributed by atoms with Gasteiger partial charge in [0.05, 0.1) is 14.2 Å². The molecule has 114 valence electrons. The molecule has 0 radical (unpaired) electrons. The van der Waals surface area contributed by atoms with Crippen molar-refractivity contribution < 1.29 is 9.47 Å². The number of anilines is 1. The van der Waals surface area contributed by atoms with E-state index in [1.807, 2.05) is 26.0 Å². The van der Waals surface area contributed by atoms with Crippen LogP contribution in [0.4, 0.5) is 5.82 Å². The summed E-state index contributed by atoms with van der Waals surface area (Å²) in [6.07, 6.45) is 0.753. The molecule has 0 fully saturated rings. The van der Waals surface area contributed by atoms with Gasteiger partial charge in [-0.05, 0) is 36.6 Å². The van der Waals surface area contributed by atoms with Crippen molar-refractivity contribution in [3.8, 4) is 28.7 Å². The minimum atomic E-state index is 0.244. The van der Waals surface area contributed by atoms with Gasteiger partial charge in [0, 0.05) is 17.3 Å². The summed E-state index contributed by atoms with van der Waals surface area (Å²) in [4.78, 5) is 4.28. The molecule has 5 heteroatoms. The summed E-state index contributed by atoms with van der Waals surface area (Å²) < 4.78 is 10.6. The predicted octanol–water partition coefficient (Wildman–Crippen LogP) is 3.09. The van der Waals surface area contributed by atoms with E-state index in [2.05, 4.69) is 11.1 Å². The second-order valence-corrected chi connectivity index (χ2v) is 4.88. The Balaban J connectivity index is 2.84. The fraction of sp³-hybridized carbons (Fsp3) is 0.294. The maximum Gasteiger partial charge on any atom is 0.142 e. The molecule has 0 aliphatic rings. The Hall–Kier alpha value is -2.74. The van der Waals surface area contributed by atoms with Crippen molar-refractivity contribution in [3.05, 3.63) is 35.0 Å². The van der Waals surface area contributed by atoms with Crippen LogP contribution in [0, 0.1) is 18.3 Å². The Labute approximate surface area is 130 Å². The molecular formula is C17H19N3O2. The van der Waals surface area contributed by atoms with Crippen LogP contribution < -0.4 is 15.2 Å². The highest BCUT2D eigenvalue weighted by Gasteiger charge is 2.18. The number of nitriles is 1. The molecule has 2 aromatic rings. The molecule has 22 heavy (non-hydrogen) atoms. The van der Waals surface area contributed by atoms with Crippen molar-refractivity contribution in [1.29, 1.82) is 5.26 Å². The number of rotatable bonds is 4. The van der Waals surface area contributed by atoms with E-state index in [0.29, 0.717) is 17.1 Å². The van der Waals surface area contributed by atoms with E-state index in [9.17, 15) is 5.26 Å². The van der Waals surface area contributed by atoms with E-state index in [1.165, 1.54) is 0 Å². The Kier molecular flexibility index (Phi) is 4.52. The first-order chi connectivity index (χ1) is 10.5. The van der Waals surface area contributed by atoms with E-state index in [0.717, 1.165) is 28.8 Å². The summed E-state index contributed by atoms with van der Waals surface area (Å²) in [5, 5.41) is 9.49. The molecule has 1 aromatic carbocycles. The van der Waals surface area contributed by atoms with Crippen molar-refractivity contribution in [3.63, 3.8) is 0 Å². The van der Waals surface area contributed by atoms with Crippen LogP contribution in [0.2, 0.25) is 0 Å². The monoisotopic (exact) mass is 297 g/mol. The highest BCUT2D eigenvalue weighted by atomic mass is 16.5. The third kappa shape index (κ3) is 2.68. The van der Waals surface area contributed by atoms with Gasteiger partial charge in [-0.1, -0.05) is 6.92 Å². The number of nitrogen functional groups attached to an aromatic ring is 1. The SMILES string of the molecule is CCc1c(C)nc(N)c(C#N)c1-c1cc(OC)cc(OC)c1. The lowest BCUT2D eigenvalue weighted by atomic mass is 9.92. The van der Waals surface area contributed by atoms with Gasteiger partial charge >= 0.3 is 0 Å². The van der Waals surface area contributed by atoms with Crippen LogP contribution in [0.25, 0.3) is 11.1 Å². The summed E-state index contributed by atoms with van der Waals surface area (Å²) in [6.45, 7) is 3.93. The number of aromatic nitrogens is 1. The number of ether oxygens (including phenoxy) is 2. The summed E-state index contributed by atoms with van der Waals surface area (Å²) in [6, 6.07) is 7.70. The quantitative estimate of drug-likeness (QED) is 0.937. The molecule has 0 saturated carbocycles. The van der Waals surface area contributed by atoms with E-state index >= 15 is 0 Å². The molecule has 1 aromatic heterocycles. The van der Waals surface area contributed by atoms with Gasteiger partial charge < -0.3 is 15.2 Å². The van der Waals surface area contributed by atoms with Gasteiger partial charge in [0.1, 0.15) is 28.9 Å². The highest BCUT2D eigenvalue weighted by Crippen LogP contribution is 2.36. The number of nitrogens with two attached hydrogens (primary N) is 1. The predicted molar refractivity (Wildman–Crippen MR) is 86.0 cm³/mol. The minimum Gasteiger partial charge on any atom is -0.497 e. The number of nitrogens with zero attached hydrogens (tertiary/aromatic N) is 2. The second kappa shape index (κ2) is 6.35. The second-order valence-electron chi connectivity index (χ2n) is 4.88. The van der Waals surface area contributed by atoms with Crippen molar-refractivity contribution in [1.82, 2.24) is 4.98 Å². The van der Waals surface area contributed by atoms with Crippen LogP contribution in [0.3, 0.4) is 0 Å². The number of hydrogen-bond acceptors (Lipinski definition) is 5. The number of aryl methyl sites for hydroxylation is 1. The maximum absolute atomic E-state index is 9.49. The lowest BCUT2D eigenvalue weighted by Crippen LogP contribution is -2.05. The Morgan fingerprint density at radius 3 is 2.23 bits per heavy atom. The minimum absolute atomic E-state index is 0.244. The van der Waals surface area contributed by atoms with Crippen molar-refractivity contribution in [2.45, 2.75) is 20.3 Å². The normalized spacial score (nSPS) is 10.1. The van der Waals surface area contributed by atoms with E-state index in [4.69, 9.17) is 15.2 Å². The first-order valence-corrected chi connectivity index (χ1v) is 6.98. The summed E-state index contributed by atoms with van der Waals surface area (Å²) >= 11 is 0. The average Bonchev–Trinajstić information content (AvgIpc) is 2.53. The van der Waals surface area contributed by atoms with E-state index in [-0.39, 0.29) is 5.82 Å². The molecule has 0 bridgehead atoms. The average molecular weight is 297 g/mol. The van der Waals surface area contributed by atoms with Crippen LogP contribution in [0.1, 0.15) is 23.7 Å². The lowest BCUT2D eigenvalue weighted by molar-refractivity contribution is 0.394. The molecule has 0 spiro atoms. The topological polar surface area (TPSA) is 81.2 Å². The molecule has 2 N–H and O–H groups in total. The van der Waals surface area contributed by atoms with Crippen LogP contribution >= 0.6 is 0 Å². The van der Waals surface area contributed by atoms with E-state index in [1.54, 1.807) is 20.3 Å². The van der Waals surface area contributed by atoms with Crippen LogP contribution in [0.5, 0.6) is 11.5 Å². The number of hydrogen-bond donors (Lipinski definition) is 1. The Morgan fingerprint density at radius 1 is 1.18 bits per heavy atom. The molecule has 5 nitrogen and oxygen atoms in total. The molecule has 1 heterocycles. The first kappa shape index (κ1) is 15.6. The molecular weight excluding hydrogens is 278 g/mol. The van der Waals surface area contributed by atoms with Crippen LogP contribution in [-0.4, -0.2) is 19.2 Å². The number of methoxy groups -OCH3 is 2. The molecule has 2 rings (SSSR count). The third-order valence-electron chi connectivity index (χ3n) is 3.64. The van der Waals surface area contributed by atoms with Gasteiger partial charge in [0.25, 0.3) is 0 Å².